The van der Waals surface area contributed by atoms with Crippen molar-refractivity contribution in [2.45, 2.75) is 52.0 Å². The zero-order valence-corrected chi connectivity index (χ0v) is 21.9. The maximum atomic E-state index is 13.7. The van der Waals surface area contributed by atoms with Crippen molar-refractivity contribution >= 4 is 21.6 Å². The monoisotopic (exact) mass is 494 g/mol. The van der Waals surface area contributed by atoms with Gasteiger partial charge in [0.1, 0.15) is 12.3 Å². The molecule has 3 aromatic carbocycles. The van der Waals surface area contributed by atoms with Crippen LogP contribution in [-0.4, -0.2) is 27.5 Å². The highest BCUT2D eigenvalue weighted by atomic mass is 32.2. The van der Waals surface area contributed by atoms with Gasteiger partial charge >= 0.3 is 0 Å². The van der Waals surface area contributed by atoms with Gasteiger partial charge in [-0.2, -0.15) is 0 Å². The van der Waals surface area contributed by atoms with Gasteiger partial charge in [-0.15, -0.1) is 0 Å². The Morgan fingerprint density at radius 1 is 0.943 bits per heavy atom. The fraction of sp³-hybridized carbons (Fsp3) is 0.321. The number of nitrogens with zero attached hydrogens (tertiary/aromatic N) is 1. The Labute approximate surface area is 209 Å². The molecule has 0 aliphatic rings. The van der Waals surface area contributed by atoms with Gasteiger partial charge < -0.3 is 10.1 Å². The van der Waals surface area contributed by atoms with E-state index in [-0.39, 0.29) is 23.4 Å². The van der Waals surface area contributed by atoms with Crippen molar-refractivity contribution in [3.8, 4) is 5.75 Å². The Balaban J connectivity index is 1.98. The lowest BCUT2D eigenvalue weighted by Crippen LogP contribution is -2.42. The second-order valence-corrected chi connectivity index (χ2v) is 10.5. The van der Waals surface area contributed by atoms with Gasteiger partial charge in [0.2, 0.25) is 5.91 Å². The van der Waals surface area contributed by atoms with Crippen molar-refractivity contribution in [3.63, 3.8) is 0 Å². The molecule has 0 radical (unpaired) electrons. The summed E-state index contributed by atoms with van der Waals surface area (Å²) in [6.45, 7) is 9.76. The van der Waals surface area contributed by atoms with Crippen LogP contribution in [0, 0.1) is 20.8 Å². The molecule has 1 unspecified atom stereocenters. The molecule has 3 rings (SSSR count). The molecule has 0 saturated carbocycles. The third-order valence-electron chi connectivity index (χ3n) is 5.87. The summed E-state index contributed by atoms with van der Waals surface area (Å²) in [6.07, 6.45) is 0.676. The topological polar surface area (TPSA) is 75.7 Å². The number of benzene rings is 3. The molecule has 1 atom stereocenters. The first-order valence-corrected chi connectivity index (χ1v) is 13.3. The standard InChI is InChI=1S/C28H34N2O4S/c1-6-25(24-17-14-21(4)18-22(24)5)29-28(31)19-30(26-10-8-9-11-27(26)34-7-2)35(32,33)23-15-12-20(3)13-16-23/h8-18,25H,6-7,19H2,1-5H3,(H,29,31). The maximum Gasteiger partial charge on any atom is 0.264 e. The number of para-hydroxylation sites is 2. The van der Waals surface area contributed by atoms with E-state index in [1.165, 1.54) is 0 Å². The summed E-state index contributed by atoms with van der Waals surface area (Å²) in [5.74, 6) is 0.0127. The van der Waals surface area contributed by atoms with Gasteiger partial charge in [0.05, 0.1) is 23.2 Å². The lowest BCUT2D eigenvalue weighted by molar-refractivity contribution is -0.120. The van der Waals surface area contributed by atoms with Crippen molar-refractivity contribution in [2.75, 3.05) is 17.5 Å². The SMILES string of the molecule is CCOc1ccccc1N(CC(=O)NC(CC)c1ccc(C)cc1C)S(=O)(=O)c1ccc(C)cc1. The zero-order valence-electron chi connectivity index (χ0n) is 21.0. The number of hydrogen-bond acceptors (Lipinski definition) is 4. The minimum absolute atomic E-state index is 0.114. The summed E-state index contributed by atoms with van der Waals surface area (Å²) in [4.78, 5) is 13.4. The number of amides is 1. The summed E-state index contributed by atoms with van der Waals surface area (Å²) in [6, 6.07) is 19.4. The van der Waals surface area contributed by atoms with Crippen LogP contribution in [0.4, 0.5) is 5.69 Å². The molecular formula is C28H34N2O4S. The number of rotatable bonds is 10. The fourth-order valence-electron chi connectivity index (χ4n) is 4.06. The zero-order chi connectivity index (χ0) is 25.6. The molecular weight excluding hydrogens is 460 g/mol. The van der Waals surface area contributed by atoms with Gasteiger partial charge in [-0.25, -0.2) is 8.42 Å². The average Bonchev–Trinajstić information content (AvgIpc) is 2.82. The van der Waals surface area contributed by atoms with Crippen LogP contribution >= 0.6 is 0 Å². The molecule has 0 fully saturated rings. The van der Waals surface area contributed by atoms with Crippen LogP contribution < -0.4 is 14.4 Å². The molecule has 6 nitrogen and oxygen atoms in total. The van der Waals surface area contributed by atoms with Crippen molar-refractivity contribution in [2.24, 2.45) is 0 Å². The lowest BCUT2D eigenvalue weighted by atomic mass is 9.97. The van der Waals surface area contributed by atoms with E-state index in [1.54, 1.807) is 48.5 Å². The lowest BCUT2D eigenvalue weighted by Gasteiger charge is -2.27. The van der Waals surface area contributed by atoms with E-state index < -0.39 is 10.0 Å². The quantitative estimate of drug-likeness (QED) is 0.405. The van der Waals surface area contributed by atoms with E-state index in [9.17, 15) is 13.2 Å². The molecule has 0 aromatic heterocycles. The first-order valence-electron chi connectivity index (χ1n) is 11.8. The highest BCUT2D eigenvalue weighted by molar-refractivity contribution is 7.92. The number of carbonyl (C=O) groups excluding carboxylic acids is 1. The van der Waals surface area contributed by atoms with E-state index in [0.717, 1.165) is 26.6 Å². The van der Waals surface area contributed by atoms with Gasteiger partial charge in [-0.1, -0.05) is 60.5 Å². The predicted octanol–water partition coefficient (Wildman–Crippen LogP) is 5.47. The summed E-state index contributed by atoms with van der Waals surface area (Å²) < 4.78 is 34.3. The third-order valence-corrected chi connectivity index (χ3v) is 7.65. The van der Waals surface area contributed by atoms with Crippen molar-refractivity contribution in [1.82, 2.24) is 5.32 Å². The van der Waals surface area contributed by atoms with E-state index in [2.05, 4.69) is 11.4 Å². The van der Waals surface area contributed by atoms with E-state index in [4.69, 9.17) is 4.74 Å². The number of ether oxygens (including phenoxy) is 1. The highest BCUT2D eigenvalue weighted by Crippen LogP contribution is 2.32. The Morgan fingerprint density at radius 3 is 2.23 bits per heavy atom. The van der Waals surface area contributed by atoms with Crippen molar-refractivity contribution in [3.05, 3.63) is 89.0 Å². The van der Waals surface area contributed by atoms with E-state index in [0.29, 0.717) is 24.5 Å². The number of nitrogens with one attached hydrogen (secondary N) is 1. The number of sulfonamides is 1. The third kappa shape index (κ3) is 6.22. The Bertz CT molecular complexity index is 1270. The fourth-order valence-corrected chi connectivity index (χ4v) is 5.50. The number of anilines is 1. The number of hydrogen-bond donors (Lipinski definition) is 1. The van der Waals surface area contributed by atoms with Crippen LogP contribution in [-0.2, 0) is 14.8 Å². The second kappa shape index (κ2) is 11.4. The highest BCUT2D eigenvalue weighted by Gasteiger charge is 2.30. The first kappa shape index (κ1) is 26.3. The van der Waals surface area contributed by atoms with E-state index in [1.807, 2.05) is 46.8 Å². The molecule has 186 valence electrons. The molecule has 0 aliphatic carbocycles. The molecule has 35 heavy (non-hydrogen) atoms. The molecule has 0 spiro atoms. The normalized spacial score (nSPS) is 12.1. The summed E-state index contributed by atoms with van der Waals surface area (Å²) in [5.41, 5.74) is 4.53. The van der Waals surface area contributed by atoms with Crippen LogP contribution in [0.1, 0.15) is 48.6 Å². The Morgan fingerprint density at radius 2 is 1.60 bits per heavy atom. The Hall–Kier alpha value is -3.32. The van der Waals surface area contributed by atoms with Crippen LogP contribution in [0.2, 0.25) is 0 Å². The van der Waals surface area contributed by atoms with Gasteiger partial charge in [0.25, 0.3) is 10.0 Å². The molecule has 0 bridgehead atoms. The van der Waals surface area contributed by atoms with Gasteiger partial charge in [-0.3, -0.25) is 9.10 Å². The van der Waals surface area contributed by atoms with Crippen LogP contribution in [0.25, 0.3) is 0 Å². The number of carbonyl (C=O) groups is 1. The predicted molar refractivity (Wildman–Crippen MR) is 140 cm³/mol. The van der Waals surface area contributed by atoms with Gasteiger partial charge in [0, 0.05) is 0 Å². The largest absolute Gasteiger partial charge is 0.492 e. The minimum Gasteiger partial charge on any atom is -0.492 e. The van der Waals surface area contributed by atoms with Crippen molar-refractivity contribution in [1.29, 1.82) is 0 Å². The second-order valence-electron chi connectivity index (χ2n) is 8.61. The molecule has 1 amide bonds. The van der Waals surface area contributed by atoms with Gasteiger partial charge in [-0.05, 0) is 69.5 Å². The van der Waals surface area contributed by atoms with Gasteiger partial charge in [0.15, 0.2) is 0 Å². The smallest absolute Gasteiger partial charge is 0.264 e. The molecule has 1 N–H and O–H groups in total. The molecule has 3 aromatic rings. The summed E-state index contributed by atoms with van der Waals surface area (Å²) >= 11 is 0. The molecule has 7 heteroatoms. The number of aryl methyl sites for hydroxylation is 3. The molecule has 0 heterocycles. The van der Waals surface area contributed by atoms with Crippen LogP contribution in [0.3, 0.4) is 0 Å². The van der Waals surface area contributed by atoms with E-state index >= 15 is 0 Å². The summed E-state index contributed by atoms with van der Waals surface area (Å²) in [5, 5.41) is 3.04. The molecule has 0 aliphatic heterocycles. The van der Waals surface area contributed by atoms with Crippen LogP contribution in [0.15, 0.2) is 71.6 Å². The van der Waals surface area contributed by atoms with Crippen LogP contribution in [0.5, 0.6) is 5.75 Å². The first-order chi connectivity index (χ1) is 16.7. The summed E-state index contributed by atoms with van der Waals surface area (Å²) in [7, 11) is -4.04. The average molecular weight is 495 g/mol. The minimum atomic E-state index is -4.04. The van der Waals surface area contributed by atoms with Crippen molar-refractivity contribution < 1.29 is 17.9 Å². The Kier molecular flexibility index (Phi) is 8.57. The maximum absolute atomic E-state index is 13.7. The molecule has 0 saturated heterocycles.